The number of para-hydroxylation sites is 1. The summed E-state index contributed by atoms with van der Waals surface area (Å²) < 4.78 is 0. The van der Waals surface area contributed by atoms with E-state index < -0.39 is 0 Å². The largest absolute Gasteiger partial charge is 0.325 e. The summed E-state index contributed by atoms with van der Waals surface area (Å²) in [6, 6.07) is 5.95. The van der Waals surface area contributed by atoms with Gasteiger partial charge < -0.3 is 5.32 Å². The van der Waals surface area contributed by atoms with E-state index in [0.29, 0.717) is 17.0 Å². The van der Waals surface area contributed by atoms with Crippen molar-refractivity contribution in [3.8, 4) is 0 Å². The van der Waals surface area contributed by atoms with Crippen LogP contribution in [0.2, 0.25) is 0 Å². The van der Waals surface area contributed by atoms with Gasteiger partial charge in [-0.1, -0.05) is 89.8 Å². The minimum Gasteiger partial charge on any atom is -0.307 e. The van der Waals surface area contributed by atoms with Crippen molar-refractivity contribution in [3.63, 3.8) is 0 Å². The zero-order valence-corrected chi connectivity index (χ0v) is 18.7. The number of urea groups is 1. The van der Waals surface area contributed by atoms with Crippen LogP contribution in [0.25, 0.3) is 0 Å². The molecule has 2 amide bonds. The molecule has 154 valence electrons. The number of anilines is 2. The number of rotatable bonds is 10. The highest BCUT2D eigenvalue weighted by molar-refractivity contribution is 7.15. The van der Waals surface area contributed by atoms with Crippen molar-refractivity contribution in [3.05, 3.63) is 34.3 Å². The molecule has 0 saturated carbocycles. The number of amides is 2. The Balaban J connectivity index is 1.98. The van der Waals surface area contributed by atoms with E-state index >= 15 is 0 Å². The molecule has 0 aliphatic rings. The Morgan fingerprint density at radius 2 is 1.61 bits per heavy atom. The number of nitrogens with one attached hydrogen (secondary N) is 2. The Bertz CT molecular complexity index is 728. The second-order valence-corrected chi connectivity index (χ2v) is 8.93. The third-order valence-electron chi connectivity index (χ3n) is 4.79. The monoisotopic (exact) mass is 402 g/mol. The van der Waals surface area contributed by atoms with Gasteiger partial charge in [0.05, 0.1) is 0 Å². The van der Waals surface area contributed by atoms with Gasteiger partial charge >= 0.3 is 6.03 Å². The van der Waals surface area contributed by atoms with Gasteiger partial charge in [0.2, 0.25) is 5.13 Å². The van der Waals surface area contributed by atoms with E-state index in [2.05, 4.69) is 73.6 Å². The van der Waals surface area contributed by atoms with E-state index in [1.165, 1.54) is 37.0 Å². The van der Waals surface area contributed by atoms with Gasteiger partial charge in [-0.15, -0.1) is 10.2 Å². The molecule has 0 bridgehead atoms. The summed E-state index contributed by atoms with van der Waals surface area (Å²) in [5, 5.41) is 15.8. The standard InChI is InChI=1S/C22H34N4OS/c1-6-7-8-9-10-14-19-25-26-22(28-19)24-21(27)23-20-17(15(2)3)12-11-13-18(20)16(4)5/h11-13,15-16H,6-10,14H2,1-5H3,(H2,23,24,26,27). The number of benzene rings is 1. The molecular weight excluding hydrogens is 368 g/mol. The van der Waals surface area contributed by atoms with Crippen molar-refractivity contribution >= 4 is 28.2 Å². The zero-order valence-electron chi connectivity index (χ0n) is 17.8. The summed E-state index contributed by atoms with van der Waals surface area (Å²) in [6.07, 6.45) is 7.09. The van der Waals surface area contributed by atoms with Crippen LogP contribution in [-0.4, -0.2) is 16.2 Å². The van der Waals surface area contributed by atoms with Gasteiger partial charge in [0, 0.05) is 12.1 Å². The zero-order chi connectivity index (χ0) is 20.5. The lowest BCUT2D eigenvalue weighted by Gasteiger charge is -2.20. The molecular formula is C22H34N4OS. The summed E-state index contributed by atoms with van der Waals surface area (Å²) in [5.74, 6) is 0.657. The van der Waals surface area contributed by atoms with E-state index in [-0.39, 0.29) is 6.03 Å². The minimum absolute atomic E-state index is 0.263. The first-order valence-electron chi connectivity index (χ1n) is 10.5. The molecule has 0 atom stereocenters. The van der Waals surface area contributed by atoms with E-state index in [1.807, 2.05) is 0 Å². The first-order chi connectivity index (χ1) is 13.4. The first kappa shape index (κ1) is 22.3. The number of nitrogens with zero attached hydrogens (tertiary/aromatic N) is 2. The van der Waals surface area contributed by atoms with Crippen molar-refractivity contribution < 1.29 is 4.79 Å². The van der Waals surface area contributed by atoms with Crippen LogP contribution >= 0.6 is 11.3 Å². The molecule has 1 heterocycles. The van der Waals surface area contributed by atoms with Gasteiger partial charge in [-0.25, -0.2) is 4.79 Å². The Morgan fingerprint density at radius 3 is 2.21 bits per heavy atom. The number of aryl methyl sites for hydroxylation is 1. The summed E-state index contributed by atoms with van der Waals surface area (Å²) in [6.45, 7) is 10.8. The number of unbranched alkanes of at least 4 members (excludes halogenated alkanes) is 4. The molecule has 2 N–H and O–H groups in total. The number of carbonyl (C=O) groups excluding carboxylic acids is 1. The third-order valence-corrected chi connectivity index (χ3v) is 5.69. The van der Waals surface area contributed by atoms with Crippen LogP contribution in [0.15, 0.2) is 18.2 Å². The van der Waals surface area contributed by atoms with Gasteiger partial charge in [-0.3, -0.25) is 5.32 Å². The molecule has 2 aromatic rings. The summed E-state index contributed by atoms with van der Waals surface area (Å²) >= 11 is 1.46. The highest BCUT2D eigenvalue weighted by atomic mass is 32.1. The summed E-state index contributed by atoms with van der Waals surface area (Å²) in [7, 11) is 0. The van der Waals surface area contributed by atoms with Crippen molar-refractivity contribution in [1.29, 1.82) is 0 Å². The fourth-order valence-electron chi connectivity index (χ4n) is 3.22. The molecule has 1 aromatic heterocycles. The minimum atomic E-state index is -0.263. The number of aromatic nitrogens is 2. The average Bonchev–Trinajstić information content (AvgIpc) is 3.08. The molecule has 1 aromatic carbocycles. The summed E-state index contributed by atoms with van der Waals surface area (Å²) in [4.78, 5) is 12.6. The van der Waals surface area contributed by atoms with Crippen LogP contribution in [0.4, 0.5) is 15.6 Å². The Labute approximate surface area is 173 Å². The SMILES string of the molecule is CCCCCCCc1nnc(NC(=O)Nc2c(C(C)C)cccc2C(C)C)s1. The number of hydrogen-bond acceptors (Lipinski definition) is 4. The molecule has 0 unspecified atom stereocenters. The van der Waals surface area contributed by atoms with E-state index in [4.69, 9.17) is 0 Å². The lowest BCUT2D eigenvalue weighted by Crippen LogP contribution is -2.21. The Kier molecular flexibility index (Phi) is 8.90. The van der Waals surface area contributed by atoms with Gasteiger partial charge in [-0.05, 0) is 29.4 Å². The molecule has 0 aliphatic carbocycles. The maximum atomic E-state index is 12.6. The highest BCUT2D eigenvalue weighted by Crippen LogP contribution is 2.32. The maximum absolute atomic E-state index is 12.6. The average molecular weight is 403 g/mol. The fraction of sp³-hybridized carbons (Fsp3) is 0.591. The molecule has 0 fully saturated rings. The smallest absolute Gasteiger partial charge is 0.307 e. The van der Waals surface area contributed by atoms with Crippen LogP contribution < -0.4 is 10.6 Å². The Morgan fingerprint density at radius 1 is 0.964 bits per heavy atom. The second kappa shape index (κ2) is 11.1. The number of hydrogen-bond donors (Lipinski definition) is 2. The molecule has 28 heavy (non-hydrogen) atoms. The van der Waals surface area contributed by atoms with Crippen LogP contribution in [0.3, 0.4) is 0 Å². The van der Waals surface area contributed by atoms with Gasteiger partial charge in [0.1, 0.15) is 5.01 Å². The molecule has 0 radical (unpaired) electrons. The molecule has 2 rings (SSSR count). The predicted octanol–water partition coefficient (Wildman–Crippen LogP) is 6.94. The van der Waals surface area contributed by atoms with Crippen LogP contribution in [0, 0.1) is 0 Å². The van der Waals surface area contributed by atoms with Crippen molar-refractivity contribution in [1.82, 2.24) is 10.2 Å². The molecule has 0 spiro atoms. The molecule has 5 nitrogen and oxygen atoms in total. The van der Waals surface area contributed by atoms with Gasteiger partial charge in [0.25, 0.3) is 0 Å². The van der Waals surface area contributed by atoms with Crippen molar-refractivity contribution in [2.45, 2.75) is 85.0 Å². The highest BCUT2D eigenvalue weighted by Gasteiger charge is 2.16. The van der Waals surface area contributed by atoms with Crippen LogP contribution in [0.1, 0.15) is 94.7 Å². The normalized spacial score (nSPS) is 11.2. The topological polar surface area (TPSA) is 66.9 Å². The quantitative estimate of drug-likeness (QED) is 0.423. The van der Waals surface area contributed by atoms with Gasteiger partial charge in [0.15, 0.2) is 0 Å². The maximum Gasteiger partial charge on any atom is 0.325 e. The van der Waals surface area contributed by atoms with Gasteiger partial charge in [-0.2, -0.15) is 0 Å². The van der Waals surface area contributed by atoms with Crippen LogP contribution in [0.5, 0.6) is 0 Å². The van der Waals surface area contributed by atoms with Crippen LogP contribution in [-0.2, 0) is 6.42 Å². The second-order valence-electron chi connectivity index (χ2n) is 7.87. The first-order valence-corrected chi connectivity index (χ1v) is 11.3. The lowest BCUT2D eigenvalue weighted by atomic mass is 9.93. The third kappa shape index (κ3) is 6.59. The molecule has 0 saturated heterocycles. The predicted molar refractivity (Wildman–Crippen MR) is 120 cm³/mol. The lowest BCUT2D eigenvalue weighted by molar-refractivity contribution is 0.262. The molecule has 6 heteroatoms. The van der Waals surface area contributed by atoms with Crippen molar-refractivity contribution in [2.75, 3.05) is 10.6 Å². The van der Waals surface area contributed by atoms with E-state index in [1.54, 1.807) is 0 Å². The number of carbonyl (C=O) groups is 1. The van der Waals surface area contributed by atoms with E-state index in [0.717, 1.165) is 34.7 Å². The molecule has 0 aliphatic heterocycles. The van der Waals surface area contributed by atoms with E-state index in [9.17, 15) is 4.79 Å². The van der Waals surface area contributed by atoms with Crippen molar-refractivity contribution in [2.24, 2.45) is 0 Å². The Hall–Kier alpha value is -1.95. The fourth-order valence-corrected chi connectivity index (χ4v) is 4.00. The summed E-state index contributed by atoms with van der Waals surface area (Å²) in [5.41, 5.74) is 3.20.